The summed E-state index contributed by atoms with van der Waals surface area (Å²) in [5.74, 6) is -9.23. The second-order valence-corrected chi connectivity index (χ2v) is 9.55. The summed E-state index contributed by atoms with van der Waals surface area (Å²) in [7, 11) is 0. The molecule has 0 radical (unpaired) electrons. The summed E-state index contributed by atoms with van der Waals surface area (Å²) in [6.45, 7) is 2.22. The van der Waals surface area contributed by atoms with E-state index in [2.05, 4.69) is 6.92 Å². The Morgan fingerprint density at radius 2 is 1.22 bits per heavy atom. The minimum Gasteiger partial charge on any atom is -0.464 e. The number of rotatable bonds is 20. The fourth-order valence-electron chi connectivity index (χ4n) is 3.99. The normalized spacial score (nSPS) is 12.8. The summed E-state index contributed by atoms with van der Waals surface area (Å²) in [5.41, 5.74) is 0.483. The van der Waals surface area contributed by atoms with Gasteiger partial charge in [0.15, 0.2) is 0 Å². The van der Waals surface area contributed by atoms with Gasteiger partial charge in [-0.25, -0.2) is 4.79 Å². The van der Waals surface area contributed by atoms with Crippen LogP contribution in [0.1, 0.15) is 102 Å². The number of hydrogen-bond acceptors (Lipinski definition) is 3. The second kappa shape index (κ2) is 18.1. The van der Waals surface area contributed by atoms with Crippen molar-refractivity contribution in [2.24, 2.45) is 0 Å². The molecule has 212 valence electrons. The van der Waals surface area contributed by atoms with Gasteiger partial charge in [0.05, 0.1) is 6.61 Å². The van der Waals surface area contributed by atoms with Gasteiger partial charge >= 0.3 is 24.0 Å². The van der Waals surface area contributed by atoms with Gasteiger partial charge in [0.2, 0.25) is 0 Å². The lowest BCUT2D eigenvalue weighted by atomic mass is 10.0. The zero-order valence-corrected chi connectivity index (χ0v) is 21.9. The van der Waals surface area contributed by atoms with Crippen LogP contribution in [0, 0.1) is 0 Å². The zero-order chi connectivity index (χ0) is 27.6. The average Bonchev–Trinajstić information content (AvgIpc) is 2.85. The van der Waals surface area contributed by atoms with Gasteiger partial charge in [0, 0.05) is 6.42 Å². The number of carbonyl (C=O) groups is 2. The summed E-state index contributed by atoms with van der Waals surface area (Å²) >= 11 is 0. The highest BCUT2D eigenvalue weighted by Crippen LogP contribution is 2.35. The van der Waals surface area contributed by atoms with Gasteiger partial charge in [-0.2, -0.15) is 22.0 Å². The Labute approximate surface area is 217 Å². The van der Waals surface area contributed by atoms with Crippen LogP contribution in [-0.4, -0.2) is 36.6 Å². The van der Waals surface area contributed by atoms with Crippen LogP contribution in [0.5, 0.6) is 0 Å². The third-order valence-corrected chi connectivity index (χ3v) is 6.26. The fraction of sp³-hybridized carbons (Fsp3) is 0.714. The average molecular weight is 536 g/mol. The first-order valence-electron chi connectivity index (χ1n) is 13.6. The SMILES string of the molecule is CCCCCCCCCCCCCCCCOC(=O)C(Cc1ccccc1)NC(=O)C(F)(F)C(F)(F)F. The molecule has 1 N–H and O–H groups in total. The molecule has 0 fully saturated rings. The molecule has 1 unspecified atom stereocenters. The first-order valence-corrected chi connectivity index (χ1v) is 13.6. The van der Waals surface area contributed by atoms with E-state index in [9.17, 15) is 31.5 Å². The molecular weight excluding hydrogens is 493 g/mol. The van der Waals surface area contributed by atoms with E-state index in [1.807, 2.05) is 0 Å². The Morgan fingerprint density at radius 3 is 1.68 bits per heavy atom. The fourth-order valence-corrected chi connectivity index (χ4v) is 3.99. The van der Waals surface area contributed by atoms with Gasteiger partial charge in [-0.15, -0.1) is 0 Å². The van der Waals surface area contributed by atoms with Crippen molar-refractivity contribution in [3.8, 4) is 0 Å². The maximum Gasteiger partial charge on any atom is 0.463 e. The topological polar surface area (TPSA) is 55.4 Å². The molecule has 1 aromatic carbocycles. The van der Waals surface area contributed by atoms with E-state index in [1.165, 1.54) is 63.1 Å². The highest BCUT2D eigenvalue weighted by molar-refractivity contribution is 5.89. The second-order valence-electron chi connectivity index (χ2n) is 9.55. The van der Waals surface area contributed by atoms with Gasteiger partial charge in [0.25, 0.3) is 0 Å². The van der Waals surface area contributed by atoms with E-state index >= 15 is 0 Å². The third kappa shape index (κ3) is 13.8. The van der Waals surface area contributed by atoms with Crippen LogP contribution in [0.25, 0.3) is 0 Å². The Balaban J connectivity index is 2.31. The molecule has 0 bridgehead atoms. The monoisotopic (exact) mass is 535 g/mol. The van der Waals surface area contributed by atoms with Crippen molar-refractivity contribution in [3.63, 3.8) is 0 Å². The van der Waals surface area contributed by atoms with E-state index < -0.39 is 30.0 Å². The smallest absolute Gasteiger partial charge is 0.463 e. The first-order chi connectivity index (χ1) is 17.6. The van der Waals surface area contributed by atoms with Crippen LogP contribution in [0.15, 0.2) is 30.3 Å². The maximum atomic E-state index is 13.4. The lowest BCUT2D eigenvalue weighted by molar-refractivity contribution is -0.270. The molecule has 0 heterocycles. The molecule has 0 aliphatic rings. The molecule has 4 nitrogen and oxygen atoms in total. The minimum absolute atomic E-state index is 0.00763. The van der Waals surface area contributed by atoms with E-state index in [0.717, 1.165) is 25.7 Å². The summed E-state index contributed by atoms with van der Waals surface area (Å²) in [6, 6.07) is 6.42. The molecule has 1 amide bonds. The molecule has 0 aliphatic heterocycles. The number of ether oxygens (including phenoxy) is 1. The zero-order valence-electron chi connectivity index (χ0n) is 21.9. The number of hydrogen-bond donors (Lipinski definition) is 1. The molecule has 0 spiro atoms. The van der Waals surface area contributed by atoms with E-state index in [-0.39, 0.29) is 13.0 Å². The van der Waals surface area contributed by atoms with Crippen LogP contribution in [-0.2, 0) is 20.7 Å². The van der Waals surface area contributed by atoms with Gasteiger partial charge in [0.1, 0.15) is 6.04 Å². The summed E-state index contributed by atoms with van der Waals surface area (Å²) in [5, 5.41) is 1.53. The first kappa shape index (κ1) is 32.8. The van der Waals surface area contributed by atoms with Gasteiger partial charge < -0.3 is 10.1 Å². The van der Waals surface area contributed by atoms with Crippen LogP contribution >= 0.6 is 0 Å². The van der Waals surface area contributed by atoms with Gasteiger partial charge in [-0.05, 0) is 12.0 Å². The van der Waals surface area contributed by atoms with Crippen molar-refractivity contribution < 1.29 is 36.3 Å². The molecule has 0 saturated carbocycles. The standard InChI is InChI=1S/C28H42F5NO3/c1-2-3-4-5-6-7-8-9-10-11-12-13-14-18-21-37-25(35)24(22-23-19-16-15-17-20-23)34-26(36)27(29,30)28(31,32)33/h15-17,19-20,24H,2-14,18,21-22H2,1H3,(H,34,36). The highest BCUT2D eigenvalue weighted by atomic mass is 19.4. The minimum atomic E-state index is -6.06. The number of nitrogens with one attached hydrogen (secondary N) is 1. The van der Waals surface area contributed by atoms with E-state index in [4.69, 9.17) is 4.74 Å². The predicted octanol–water partition coefficient (Wildman–Crippen LogP) is 7.94. The molecule has 0 saturated heterocycles. The van der Waals surface area contributed by atoms with Crippen molar-refractivity contribution in [3.05, 3.63) is 35.9 Å². The van der Waals surface area contributed by atoms with Crippen molar-refractivity contribution in [2.75, 3.05) is 6.61 Å². The lowest BCUT2D eigenvalue weighted by Crippen LogP contribution is -2.55. The highest BCUT2D eigenvalue weighted by Gasteiger charge is 2.63. The van der Waals surface area contributed by atoms with Gasteiger partial charge in [-0.1, -0.05) is 121 Å². The number of esters is 1. The van der Waals surface area contributed by atoms with Crippen molar-refractivity contribution >= 4 is 11.9 Å². The van der Waals surface area contributed by atoms with E-state index in [1.54, 1.807) is 30.3 Å². The number of unbranched alkanes of at least 4 members (excludes halogenated alkanes) is 13. The number of benzene rings is 1. The summed E-state index contributed by atoms with van der Waals surface area (Å²) < 4.78 is 69.5. The Kier molecular flexibility index (Phi) is 16.1. The predicted molar refractivity (Wildman–Crippen MR) is 134 cm³/mol. The molecule has 1 aromatic rings. The molecule has 0 aliphatic carbocycles. The largest absolute Gasteiger partial charge is 0.464 e. The molecule has 1 rings (SSSR count). The van der Waals surface area contributed by atoms with Crippen LogP contribution in [0.2, 0.25) is 0 Å². The van der Waals surface area contributed by atoms with Gasteiger partial charge in [-0.3, -0.25) is 4.79 Å². The lowest BCUT2D eigenvalue weighted by Gasteiger charge is -2.23. The number of halogens is 5. The number of carbonyl (C=O) groups excluding carboxylic acids is 2. The van der Waals surface area contributed by atoms with Crippen LogP contribution < -0.4 is 5.32 Å². The Hall–Kier alpha value is -2.19. The van der Waals surface area contributed by atoms with Crippen LogP contribution in [0.4, 0.5) is 22.0 Å². The quantitative estimate of drug-likeness (QED) is 0.105. The maximum absolute atomic E-state index is 13.4. The summed E-state index contributed by atoms with van der Waals surface area (Å²) in [6.07, 6.45) is 9.82. The molecule has 9 heteroatoms. The van der Waals surface area contributed by atoms with Crippen molar-refractivity contribution in [2.45, 2.75) is 121 Å². The number of amides is 1. The third-order valence-electron chi connectivity index (χ3n) is 6.26. The number of alkyl halides is 5. The summed E-state index contributed by atoms with van der Waals surface area (Å²) in [4.78, 5) is 24.1. The van der Waals surface area contributed by atoms with Crippen LogP contribution in [0.3, 0.4) is 0 Å². The van der Waals surface area contributed by atoms with Crippen molar-refractivity contribution in [1.82, 2.24) is 5.32 Å². The molecule has 0 aromatic heterocycles. The van der Waals surface area contributed by atoms with Crippen molar-refractivity contribution in [1.29, 1.82) is 0 Å². The van der Waals surface area contributed by atoms with E-state index in [0.29, 0.717) is 12.0 Å². The Bertz CT molecular complexity index is 756. The molecular formula is C28H42F5NO3. The Morgan fingerprint density at radius 1 is 0.757 bits per heavy atom. The molecule has 37 heavy (non-hydrogen) atoms. The molecule has 1 atom stereocenters.